The second-order valence-corrected chi connectivity index (χ2v) is 8.66. The van der Waals surface area contributed by atoms with Crippen molar-refractivity contribution in [2.24, 2.45) is 7.05 Å². The summed E-state index contributed by atoms with van der Waals surface area (Å²) in [4.78, 5) is 20.3. The highest BCUT2D eigenvalue weighted by molar-refractivity contribution is 5.94. The molecule has 5 rings (SSSR count). The van der Waals surface area contributed by atoms with Crippen molar-refractivity contribution in [3.63, 3.8) is 0 Å². The predicted molar refractivity (Wildman–Crippen MR) is 131 cm³/mol. The fourth-order valence-corrected chi connectivity index (χ4v) is 4.67. The minimum Gasteiger partial charge on any atom is -0.497 e. The zero-order valence-corrected chi connectivity index (χ0v) is 19.9. The number of nitrogens with one attached hydrogen (secondary N) is 1. The average Bonchev–Trinajstić information content (AvgIpc) is 3.40. The molecule has 0 aliphatic carbocycles. The number of methoxy groups -OCH3 is 1. The first-order valence-electron chi connectivity index (χ1n) is 11.7. The number of carbonyl (C=O) groups is 1. The van der Waals surface area contributed by atoms with Crippen molar-refractivity contribution in [2.75, 3.05) is 13.7 Å². The number of para-hydroxylation sites is 2. The quantitative estimate of drug-likeness (QED) is 0.460. The highest BCUT2D eigenvalue weighted by atomic mass is 16.5. The molecule has 176 valence electrons. The molecule has 2 aromatic heterocycles. The smallest absolute Gasteiger partial charge is 0.272 e. The molecule has 0 unspecified atom stereocenters. The van der Waals surface area contributed by atoms with E-state index in [0.717, 1.165) is 59.8 Å². The Bertz CT molecular complexity index is 1320. The number of carbonyl (C=O) groups excluding carboxylic acids is 1. The van der Waals surface area contributed by atoms with Gasteiger partial charge in [0.15, 0.2) is 5.69 Å². The molecule has 0 fully saturated rings. The van der Waals surface area contributed by atoms with E-state index < -0.39 is 0 Å². The Morgan fingerprint density at radius 3 is 2.68 bits per heavy atom. The van der Waals surface area contributed by atoms with E-state index in [1.807, 2.05) is 47.1 Å². The molecule has 34 heavy (non-hydrogen) atoms. The molecule has 0 bridgehead atoms. The van der Waals surface area contributed by atoms with Crippen molar-refractivity contribution >= 4 is 16.9 Å². The van der Waals surface area contributed by atoms with E-state index in [9.17, 15) is 4.79 Å². The third-order valence-corrected chi connectivity index (χ3v) is 6.58. The van der Waals surface area contributed by atoms with Gasteiger partial charge < -0.3 is 14.6 Å². The van der Waals surface area contributed by atoms with Crippen molar-refractivity contribution in [1.29, 1.82) is 0 Å². The van der Waals surface area contributed by atoms with Crippen molar-refractivity contribution in [2.45, 2.75) is 39.5 Å². The van der Waals surface area contributed by atoms with Crippen LogP contribution in [0.25, 0.3) is 11.0 Å². The van der Waals surface area contributed by atoms with Gasteiger partial charge in [0.25, 0.3) is 5.91 Å². The van der Waals surface area contributed by atoms with Crippen molar-refractivity contribution in [3.8, 4) is 5.75 Å². The predicted octanol–water partition coefficient (Wildman–Crippen LogP) is 3.29. The Hall–Kier alpha value is -3.65. The molecule has 1 N–H and O–H groups in total. The van der Waals surface area contributed by atoms with Gasteiger partial charge >= 0.3 is 0 Å². The van der Waals surface area contributed by atoms with Crippen LogP contribution in [0.2, 0.25) is 0 Å². The molecule has 1 amide bonds. The Balaban J connectivity index is 1.33. The molecule has 0 radical (unpaired) electrons. The largest absolute Gasteiger partial charge is 0.497 e. The lowest BCUT2D eigenvalue weighted by atomic mass is 10.0. The van der Waals surface area contributed by atoms with Gasteiger partial charge in [-0.15, -0.1) is 0 Å². The van der Waals surface area contributed by atoms with Gasteiger partial charge in [-0.1, -0.05) is 24.3 Å². The fraction of sp³-hybridized carbons (Fsp3) is 0.346. The monoisotopic (exact) mass is 458 g/mol. The van der Waals surface area contributed by atoms with Gasteiger partial charge in [0.2, 0.25) is 0 Å². The van der Waals surface area contributed by atoms with E-state index in [1.54, 1.807) is 7.11 Å². The first kappa shape index (κ1) is 22.2. The number of rotatable bonds is 7. The normalized spacial score (nSPS) is 13.7. The summed E-state index contributed by atoms with van der Waals surface area (Å²) in [7, 11) is 3.71. The van der Waals surface area contributed by atoms with Gasteiger partial charge in [0.05, 0.1) is 24.7 Å². The lowest BCUT2D eigenvalue weighted by molar-refractivity contribution is 0.0942. The maximum absolute atomic E-state index is 13.1. The van der Waals surface area contributed by atoms with Crippen LogP contribution in [0.3, 0.4) is 0 Å². The van der Waals surface area contributed by atoms with Crippen molar-refractivity contribution in [1.82, 2.24) is 29.5 Å². The molecule has 4 aromatic rings. The van der Waals surface area contributed by atoms with E-state index in [4.69, 9.17) is 9.72 Å². The molecular formula is C26H30N6O2. The summed E-state index contributed by atoms with van der Waals surface area (Å²) in [6.45, 7) is 5.59. The zero-order chi connectivity index (χ0) is 23.7. The van der Waals surface area contributed by atoms with Gasteiger partial charge in [0, 0.05) is 50.9 Å². The second-order valence-electron chi connectivity index (χ2n) is 8.66. The summed E-state index contributed by atoms with van der Waals surface area (Å²) in [6, 6.07) is 15.9. The lowest BCUT2D eigenvalue weighted by Crippen LogP contribution is -2.33. The molecule has 1 aliphatic heterocycles. The van der Waals surface area contributed by atoms with Crippen LogP contribution in [-0.4, -0.2) is 43.8 Å². The van der Waals surface area contributed by atoms with E-state index in [1.165, 1.54) is 5.69 Å². The first-order valence-corrected chi connectivity index (χ1v) is 11.7. The molecular weight excluding hydrogens is 428 g/mol. The van der Waals surface area contributed by atoms with Crippen molar-refractivity contribution < 1.29 is 9.53 Å². The Labute approximate surface area is 199 Å². The van der Waals surface area contributed by atoms with Crippen LogP contribution < -0.4 is 10.1 Å². The summed E-state index contributed by atoms with van der Waals surface area (Å²) < 4.78 is 9.34. The van der Waals surface area contributed by atoms with Crippen LogP contribution in [0.15, 0.2) is 48.5 Å². The van der Waals surface area contributed by atoms with Crippen LogP contribution in [0.4, 0.5) is 0 Å². The number of ether oxygens (including phenoxy) is 1. The standard InChI is InChI=1S/C26H30N6O2/c1-4-32-22-13-14-31(17-24-28-21-7-5-6-8-23(21)30(24)2)16-20(22)25(29-32)26(33)27-15-18-9-11-19(34-3)12-10-18/h5-12H,4,13-17H2,1-3H3,(H,27,33). The number of aryl methyl sites for hydroxylation is 2. The highest BCUT2D eigenvalue weighted by Crippen LogP contribution is 2.25. The van der Waals surface area contributed by atoms with Crippen LogP contribution in [0.1, 0.15) is 40.1 Å². The number of amides is 1. The van der Waals surface area contributed by atoms with Gasteiger partial charge in [0.1, 0.15) is 11.6 Å². The summed E-state index contributed by atoms with van der Waals surface area (Å²) in [6.07, 6.45) is 0.867. The summed E-state index contributed by atoms with van der Waals surface area (Å²) in [5.41, 5.74) is 5.88. The number of fused-ring (bicyclic) bond motifs is 2. The Morgan fingerprint density at radius 2 is 1.94 bits per heavy atom. The average molecular weight is 459 g/mol. The molecule has 8 nitrogen and oxygen atoms in total. The third-order valence-electron chi connectivity index (χ3n) is 6.58. The van der Waals surface area contributed by atoms with Crippen LogP contribution >= 0.6 is 0 Å². The minimum absolute atomic E-state index is 0.135. The lowest BCUT2D eigenvalue weighted by Gasteiger charge is -2.27. The summed E-state index contributed by atoms with van der Waals surface area (Å²) in [5.74, 6) is 1.69. The maximum Gasteiger partial charge on any atom is 0.272 e. The molecule has 8 heteroatoms. The molecule has 0 saturated heterocycles. The van der Waals surface area contributed by atoms with Gasteiger partial charge in [-0.3, -0.25) is 14.4 Å². The third kappa shape index (κ3) is 4.17. The molecule has 1 aliphatic rings. The first-order chi connectivity index (χ1) is 16.6. The van der Waals surface area contributed by atoms with E-state index >= 15 is 0 Å². The molecule has 0 spiro atoms. The van der Waals surface area contributed by atoms with E-state index in [-0.39, 0.29) is 5.91 Å². The molecule has 3 heterocycles. The van der Waals surface area contributed by atoms with Crippen LogP contribution in [-0.2, 0) is 39.6 Å². The molecule has 0 saturated carbocycles. The van der Waals surface area contributed by atoms with Gasteiger partial charge in [-0.2, -0.15) is 5.10 Å². The molecule has 2 aromatic carbocycles. The zero-order valence-electron chi connectivity index (χ0n) is 19.9. The second kappa shape index (κ2) is 9.30. The van der Waals surface area contributed by atoms with Gasteiger partial charge in [-0.25, -0.2) is 4.98 Å². The SMILES string of the molecule is CCn1nc(C(=O)NCc2ccc(OC)cc2)c2c1CCN(Cc1nc3ccccc3n1C)C2. The molecule has 0 atom stereocenters. The Morgan fingerprint density at radius 1 is 1.15 bits per heavy atom. The van der Waals surface area contributed by atoms with Crippen LogP contribution in [0, 0.1) is 0 Å². The topological polar surface area (TPSA) is 77.2 Å². The number of aromatic nitrogens is 4. The van der Waals surface area contributed by atoms with Crippen molar-refractivity contribution in [3.05, 3.63) is 76.9 Å². The summed E-state index contributed by atoms with van der Waals surface area (Å²) in [5, 5.41) is 7.72. The van der Waals surface area contributed by atoms with Gasteiger partial charge in [-0.05, 0) is 36.8 Å². The van der Waals surface area contributed by atoms with E-state index in [0.29, 0.717) is 18.8 Å². The Kier molecular flexibility index (Phi) is 6.06. The minimum atomic E-state index is -0.135. The number of benzene rings is 2. The number of hydrogen-bond donors (Lipinski definition) is 1. The number of nitrogens with zero attached hydrogens (tertiary/aromatic N) is 5. The highest BCUT2D eigenvalue weighted by Gasteiger charge is 2.28. The maximum atomic E-state index is 13.1. The fourth-order valence-electron chi connectivity index (χ4n) is 4.67. The number of imidazole rings is 1. The summed E-state index contributed by atoms with van der Waals surface area (Å²) >= 11 is 0. The van der Waals surface area contributed by atoms with Crippen LogP contribution in [0.5, 0.6) is 5.75 Å². The van der Waals surface area contributed by atoms with E-state index in [2.05, 4.69) is 39.9 Å². The number of hydrogen-bond acceptors (Lipinski definition) is 5.